The van der Waals surface area contributed by atoms with Gasteiger partial charge in [-0.15, -0.1) is 0 Å². The molecule has 0 radical (unpaired) electrons. The minimum atomic E-state index is -4.40. The minimum Gasteiger partial charge on any atom is -0.462 e. The third-order valence-electron chi connectivity index (χ3n) is 9.38. The third kappa shape index (κ3) is 43.1. The Kier molecular flexibility index (Phi) is 41.6. The number of hydrogen-bond donors (Lipinski definition) is 2. The Balaban J connectivity index is 4.21. The zero-order valence-electron chi connectivity index (χ0n) is 36.3. The average Bonchev–Trinajstić information content (AvgIpc) is 3.20. The molecule has 57 heavy (non-hydrogen) atoms. The van der Waals surface area contributed by atoms with Gasteiger partial charge in [-0.2, -0.15) is 0 Å². The molecule has 0 amide bonds. The van der Waals surface area contributed by atoms with Crippen LogP contribution in [0.15, 0.2) is 60.8 Å². The van der Waals surface area contributed by atoms with Gasteiger partial charge in [0.05, 0.1) is 13.2 Å². The normalized spacial score (nSPS) is 13.8. The van der Waals surface area contributed by atoms with E-state index in [4.69, 9.17) is 24.3 Å². The number of phosphoric ester groups is 1. The molecule has 9 nitrogen and oxygen atoms in total. The van der Waals surface area contributed by atoms with Crippen molar-refractivity contribution in [2.45, 2.75) is 200 Å². The molecule has 330 valence electrons. The fourth-order valence-electron chi connectivity index (χ4n) is 5.97. The lowest BCUT2D eigenvalue weighted by Gasteiger charge is -2.19. The lowest BCUT2D eigenvalue weighted by Crippen LogP contribution is -2.29. The highest BCUT2D eigenvalue weighted by Crippen LogP contribution is 2.43. The Morgan fingerprint density at radius 2 is 0.930 bits per heavy atom. The van der Waals surface area contributed by atoms with Crippen LogP contribution in [0.3, 0.4) is 0 Å². The Morgan fingerprint density at radius 1 is 0.526 bits per heavy atom. The number of allylic oxidation sites excluding steroid dienone is 10. The van der Waals surface area contributed by atoms with Crippen LogP contribution in [0.4, 0.5) is 0 Å². The number of carbonyl (C=O) groups excluding carboxylic acids is 2. The maximum Gasteiger partial charge on any atom is 0.472 e. The fraction of sp³-hybridized carbons (Fsp3) is 0.745. The second kappa shape index (κ2) is 43.3. The molecule has 3 N–H and O–H groups in total. The predicted molar refractivity (Wildman–Crippen MR) is 238 cm³/mol. The highest BCUT2D eigenvalue weighted by Gasteiger charge is 2.25. The van der Waals surface area contributed by atoms with Crippen molar-refractivity contribution in [1.82, 2.24) is 0 Å². The van der Waals surface area contributed by atoms with Crippen molar-refractivity contribution < 1.29 is 37.6 Å². The number of carbonyl (C=O) groups is 2. The van der Waals surface area contributed by atoms with Crippen molar-refractivity contribution in [3.05, 3.63) is 60.8 Å². The quantitative estimate of drug-likeness (QED) is 0.0267. The molecule has 0 spiro atoms. The van der Waals surface area contributed by atoms with Crippen molar-refractivity contribution in [2.75, 3.05) is 26.4 Å². The van der Waals surface area contributed by atoms with Crippen LogP contribution in [0.5, 0.6) is 0 Å². The molecule has 0 aromatic rings. The zero-order valence-corrected chi connectivity index (χ0v) is 37.2. The zero-order chi connectivity index (χ0) is 41.8. The van der Waals surface area contributed by atoms with E-state index in [0.29, 0.717) is 12.8 Å². The van der Waals surface area contributed by atoms with E-state index in [-0.39, 0.29) is 32.6 Å². The van der Waals surface area contributed by atoms with E-state index in [0.717, 1.165) is 38.5 Å². The summed E-state index contributed by atoms with van der Waals surface area (Å²) >= 11 is 0. The van der Waals surface area contributed by atoms with Gasteiger partial charge in [-0.1, -0.05) is 164 Å². The Bertz CT molecular complexity index is 1120. The van der Waals surface area contributed by atoms with Crippen LogP contribution in [-0.4, -0.2) is 49.3 Å². The number of nitrogens with two attached hydrogens (primary N) is 1. The van der Waals surface area contributed by atoms with E-state index < -0.39 is 32.5 Å². The third-order valence-corrected chi connectivity index (χ3v) is 10.4. The van der Waals surface area contributed by atoms with Gasteiger partial charge in [0.25, 0.3) is 0 Å². The summed E-state index contributed by atoms with van der Waals surface area (Å²) in [6, 6.07) is 0. The average molecular weight is 822 g/mol. The summed E-state index contributed by atoms with van der Waals surface area (Å²) in [5.74, 6) is -0.897. The first-order chi connectivity index (χ1) is 27.8. The van der Waals surface area contributed by atoms with Gasteiger partial charge in [0.1, 0.15) is 6.61 Å². The van der Waals surface area contributed by atoms with E-state index in [2.05, 4.69) is 68.5 Å². The van der Waals surface area contributed by atoms with E-state index in [1.807, 2.05) is 6.08 Å². The first-order valence-electron chi connectivity index (χ1n) is 22.8. The van der Waals surface area contributed by atoms with E-state index in [1.54, 1.807) is 0 Å². The summed E-state index contributed by atoms with van der Waals surface area (Å²) in [4.78, 5) is 34.9. The summed E-state index contributed by atoms with van der Waals surface area (Å²) < 4.78 is 32.7. The van der Waals surface area contributed by atoms with Gasteiger partial charge in [0, 0.05) is 19.4 Å². The second-order valence-corrected chi connectivity index (χ2v) is 16.4. The first kappa shape index (κ1) is 54.7. The van der Waals surface area contributed by atoms with E-state index in [9.17, 15) is 19.0 Å². The van der Waals surface area contributed by atoms with Gasteiger partial charge in [0.15, 0.2) is 6.10 Å². The van der Waals surface area contributed by atoms with Gasteiger partial charge in [-0.3, -0.25) is 18.6 Å². The van der Waals surface area contributed by atoms with Gasteiger partial charge >= 0.3 is 19.8 Å². The maximum absolute atomic E-state index is 12.6. The summed E-state index contributed by atoms with van der Waals surface area (Å²) in [5, 5.41) is 0. The lowest BCUT2D eigenvalue weighted by molar-refractivity contribution is -0.161. The fourth-order valence-corrected chi connectivity index (χ4v) is 6.74. The SMILES string of the molecule is CCCCC/C=C\C/C=C\C/C=C\C/C=C\CCCC(=O)O[C@H](COC(=O)CCCCCCCCCCC/C=C\CCCCCCCC)COP(=O)(O)OCCN. The number of hydrogen-bond acceptors (Lipinski definition) is 8. The lowest BCUT2D eigenvalue weighted by atomic mass is 10.1. The van der Waals surface area contributed by atoms with Gasteiger partial charge in [-0.25, -0.2) is 4.57 Å². The number of unbranched alkanes of at least 4 members (excludes halogenated alkanes) is 19. The molecule has 0 heterocycles. The largest absolute Gasteiger partial charge is 0.472 e. The highest BCUT2D eigenvalue weighted by atomic mass is 31.2. The standard InChI is InChI=1S/C47H84NO8P/c1-3-5-7-9-11-13-15-17-19-21-22-24-25-27-29-31-33-35-37-39-46(49)53-43-45(44-55-57(51,52)54-42-41-48)56-47(50)40-38-36-34-32-30-28-26-23-20-18-16-14-12-10-8-6-4-2/h12,14,17-20,26,28,32,34,45H,3-11,13,15-16,21-25,27,29-31,33,35-44,48H2,1-2H3,(H,51,52)/b14-12-,19-17-,20-18-,28-26-,34-32-/t45-/m1/s1. The van der Waals surface area contributed by atoms with Crippen LogP contribution in [0, 0.1) is 0 Å². The molecule has 0 aliphatic rings. The van der Waals surface area contributed by atoms with Gasteiger partial charge < -0.3 is 20.1 Å². The molecule has 0 aromatic heterocycles. The van der Waals surface area contributed by atoms with Gasteiger partial charge in [0.2, 0.25) is 0 Å². The van der Waals surface area contributed by atoms with Crippen LogP contribution in [0.25, 0.3) is 0 Å². The maximum atomic E-state index is 12.6. The van der Waals surface area contributed by atoms with Crippen molar-refractivity contribution >= 4 is 19.8 Å². The molecule has 0 fully saturated rings. The summed E-state index contributed by atoms with van der Waals surface area (Å²) in [6.45, 7) is 3.64. The molecular formula is C47H84NO8P. The topological polar surface area (TPSA) is 134 Å². The smallest absolute Gasteiger partial charge is 0.462 e. The molecule has 0 aliphatic heterocycles. The molecule has 0 bridgehead atoms. The molecule has 0 rings (SSSR count). The number of ether oxygens (including phenoxy) is 2. The monoisotopic (exact) mass is 822 g/mol. The number of rotatable bonds is 42. The van der Waals surface area contributed by atoms with Crippen molar-refractivity contribution in [2.24, 2.45) is 5.73 Å². The van der Waals surface area contributed by atoms with E-state index in [1.165, 1.54) is 116 Å². The first-order valence-corrected chi connectivity index (χ1v) is 24.3. The Hall–Kier alpha value is -2.29. The number of phosphoric acid groups is 1. The van der Waals surface area contributed by atoms with Crippen LogP contribution in [-0.2, 0) is 32.7 Å². The van der Waals surface area contributed by atoms with Crippen LogP contribution in [0.2, 0.25) is 0 Å². The molecule has 10 heteroatoms. The van der Waals surface area contributed by atoms with Crippen LogP contribution >= 0.6 is 7.82 Å². The molecule has 0 aliphatic carbocycles. The van der Waals surface area contributed by atoms with Crippen molar-refractivity contribution in [1.29, 1.82) is 0 Å². The minimum absolute atomic E-state index is 0.0425. The Morgan fingerprint density at radius 3 is 1.46 bits per heavy atom. The van der Waals surface area contributed by atoms with Crippen LogP contribution < -0.4 is 5.73 Å². The molecule has 1 unspecified atom stereocenters. The van der Waals surface area contributed by atoms with Crippen molar-refractivity contribution in [3.63, 3.8) is 0 Å². The summed E-state index contributed by atoms with van der Waals surface area (Å²) in [5.41, 5.74) is 5.35. The number of esters is 2. The van der Waals surface area contributed by atoms with Gasteiger partial charge in [-0.05, 0) is 77.0 Å². The molecule has 0 saturated carbocycles. The molecule has 0 saturated heterocycles. The van der Waals surface area contributed by atoms with Crippen molar-refractivity contribution in [3.8, 4) is 0 Å². The molecule has 2 atom stereocenters. The molecular weight excluding hydrogens is 737 g/mol. The predicted octanol–water partition coefficient (Wildman–Crippen LogP) is 13.3. The molecule has 0 aromatic carbocycles. The second-order valence-electron chi connectivity index (χ2n) is 14.9. The Labute approximate surface area is 349 Å². The van der Waals surface area contributed by atoms with E-state index >= 15 is 0 Å². The summed E-state index contributed by atoms with van der Waals surface area (Å²) in [7, 11) is -4.40. The highest BCUT2D eigenvalue weighted by molar-refractivity contribution is 7.47. The summed E-state index contributed by atoms with van der Waals surface area (Å²) in [6.07, 6.45) is 51.1. The van der Waals surface area contributed by atoms with Crippen LogP contribution in [0.1, 0.15) is 194 Å².